The molecule has 3 rings (SSSR count). The molecule has 148 valence electrons. The van der Waals surface area contributed by atoms with Crippen molar-refractivity contribution in [3.05, 3.63) is 82.9 Å². The molecule has 5 nitrogen and oxygen atoms in total. The van der Waals surface area contributed by atoms with E-state index in [9.17, 15) is 4.79 Å². The van der Waals surface area contributed by atoms with Crippen LogP contribution in [0.2, 0.25) is 5.02 Å². The zero-order valence-corrected chi connectivity index (χ0v) is 16.9. The lowest BCUT2D eigenvalue weighted by atomic mass is 10.2. The van der Waals surface area contributed by atoms with Crippen molar-refractivity contribution in [1.82, 2.24) is 0 Å². The SMILES string of the molecule is COc1ccc(N=Cc2ccc(OCC(=O)Nc3ccc(C)cc3)cc2)cc1Cl. The van der Waals surface area contributed by atoms with Crippen molar-refractivity contribution in [2.75, 3.05) is 19.0 Å². The predicted octanol–water partition coefficient (Wildman–Crippen LogP) is 5.43. The van der Waals surface area contributed by atoms with Gasteiger partial charge in [0, 0.05) is 11.9 Å². The molecule has 3 aromatic carbocycles. The Balaban J connectivity index is 1.52. The number of carbonyl (C=O) groups is 1. The van der Waals surface area contributed by atoms with Crippen LogP contribution in [0.4, 0.5) is 11.4 Å². The number of amides is 1. The molecule has 0 spiro atoms. The summed E-state index contributed by atoms with van der Waals surface area (Å²) in [5, 5.41) is 3.31. The number of nitrogens with one attached hydrogen (secondary N) is 1. The van der Waals surface area contributed by atoms with Crippen LogP contribution >= 0.6 is 11.6 Å². The number of methoxy groups -OCH3 is 1. The average Bonchev–Trinajstić information content (AvgIpc) is 2.73. The minimum absolute atomic E-state index is 0.0638. The van der Waals surface area contributed by atoms with E-state index in [2.05, 4.69) is 10.3 Å². The molecule has 0 bridgehead atoms. The van der Waals surface area contributed by atoms with Gasteiger partial charge < -0.3 is 14.8 Å². The Kier molecular flexibility index (Phi) is 6.87. The molecule has 0 aliphatic heterocycles. The van der Waals surface area contributed by atoms with E-state index >= 15 is 0 Å². The Bertz CT molecular complexity index is 1000. The highest BCUT2D eigenvalue weighted by Gasteiger charge is 2.04. The first-order valence-electron chi connectivity index (χ1n) is 9.00. The number of halogens is 1. The number of hydrogen-bond donors (Lipinski definition) is 1. The van der Waals surface area contributed by atoms with Gasteiger partial charge in [0.15, 0.2) is 6.61 Å². The standard InChI is InChI=1S/C23H21ClN2O3/c1-16-3-7-18(8-4-16)26-23(27)15-29-20-10-5-17(6-11-20)14-25-19-9-12-22(28-2)21(24)13-19/h3-14H,15H2,1-2H3,(H,26,27). The van der Waals surface area contributed by atoms with Gasteiger partial charge in [0.2, 0.25) is 0 Å². The zero-order chi connectivity index (χ0) is 20.6. The smallest absolute Gasteiger partial charge is 0.262 e. The summed E-state index contributed by atoms with van der Waals surface area (Å²) in [6, 6.07) is 20.2. The Morgan fingerprint density at radius 1 is 1.07 bits per heavy atom. The summed E-state index contributed by atoms with van der Waals surface area (Å²) in [6.45, 7) is 1.93. The number of aryl methyl sites for hydroxylation is 1. The number of nitrogens with zero attached hydrogens (tertiary/aromatic N) is 1. The van der Waals surface area contributed by atoms with E-state index in [-0.39, 0.29) is 12.5 Å². The van der Waals surface area contributed by atoms with E-state index in [1.54, 1.807) is 37.6 Å². The highest BCUT2D eigenvalue weighted by atomic mass is 35.5. The second kappa shape index (κ2) is 9.75. The molecule has 3 aromatic rings. The third-order valence-corrected chi connectivity index (χ3v) is 4.38. The van der Waals surface area contributed by atoms with Crippen LogP contribution in [0.5, 0.6) is 11.5 Å². The number of rotatable bonds is 7. The van der Waals surface area contributed by atoms with Gasteiger partial charge in [-0.25, -0.2) is 0 Å². The second-order valence-electron chi connectivity index (χ2n) is 6.35. The molecule has 1 amide bonds. The molecule has 0 atom stereocenters. The molecular weight excluding hydrogens is 388 g/mol. The first-order valence-corrected chi connectivity index (χ1v) is 9.38. The summed E-state index contributed by atoms with van der Waals surface area (Å²) in [7, 11) is 1.57. The van der Waals surface area contributed by atoms with Crippen LogP contribution in [0, 0.1) is 6.92 Å². The van der Waals surface area contributed by atoms with Crippen molar-refractivity contribution >= 4 is 35.1 Å². The minimum atomic E-state index is -0.212. The number of ether oxygens (including phenoxy) is 2. The Hall–Kier alpha value is -3.31. The Morgan fingerprint density at radius 2 is 1.79 bits per heavy atom. The zero-order valence-electron chi connectivity index (χ0n) is 16.2. The minimum Gasteiger partial charge on any atom is -0.495 e. The second-order valence-corrected chi connectivity index (χ2v) is 6.76. The fraction of sp³-hybridized carbons (Fsp3) is 0.130. The topological polar surface area (TPSA) is 59.9 Å². The van der Waals surface area contributed by atoms with Crippen LogP contribution in [-0.2, 0) is 4.79 Å². The van der Waals surface area contributed by atoms with Gasteiger partial charge in [0.25, 0.3) is 5.91 Å². The Labute approximate surface area is 175 Å². The van der Waals surface area contributed by atoms with Gasteiger partial charge in [-0.05, 0) is 67.1 Å². The molecule has 0 saturated carbocycles. The lowest BCUT2D eigenvalue weighted by Crippen LogP contribution is -2.20. The summed E-state index contributed by atoms with van der Waals surface area (Å²) in [4.78, 5) is 16.4. The summed E-state index contributed by atoms with van der Waals surface area (Å²) in [5.74, 6) is 1.00. The number of anilines is 1. The van der Waals surface area contributed by atoms with Gasteiger partial charge in [0.05, 0.1) is 17.8 Å². The van der Waals surface area contributed by atoms with E-state index in [1.165, 1.54) is 0 Å². The van der Waals surface area contributed by atoms with Gasteiger partial charge in [-0.15, -0.1) is 0 Å². The molecule has 0 unspecified atom stereocenters. The summed E-state index contributed by atoms with van der Waals surface area (Å²) >= 11 is 6.10. The normalized spacial score (nSPS) is 10.7. The van der Waals surface area contributed by atoms with Crippen LogP contribution in [0.25, 0.3) is 0 Å². The van der Waals surface area contributed by atoms with Crippen LogP contribution in [0.1, 0.15) is 11.1 Å². The first kappa shape index (κ1) is 20.4. The van der Waals surface area contributed by atoms with E-state index < -0.39 is 0 Å². The van der Waals surface area contributed by atoms with Gasteiger partial charge in [-0.1, -0.05) is 29.3 Å². The first-order chi connectivity index (χ1) is 14.0. The summed E-state index contributed by atoms with van der Waals surface area (Å²) in [6.07, 6.45) is 1.73. The van der Waals surface area contributed by atoms with Gasteiger partial charge in [-0.3, -0.25) is 9.79 Å². The van der Waals surface area contributed by atoms with Crippen LogP contribution < -0.4 is 14.8 Å². The molecule has 0 fully saturated rings. The van der Waals surface area contributed by atoms with Crippen molar-refractivity contribution in [2.24, 2.45) is 4.99 Å². The quantitative estimate of drug-likeness (QED) is 0.530. The fourth-order valence-corrected chi connectivity index (χ4v) is 2.77. The van der Waals surface area contributed by atoms with E-state index in [4.69, 9.17) is 21.1 Å². The molecule has 0 aliphatic carbocycles. The molecule has 0 saturated heterocycles. The van der Waals surface area contributed by atoms with Crippen molar-refractivity contribution in [2.45, 2.75) is 6.92 Å². The highest BCUT2D eigenvalue weighted by Crippen LogP contribution is 2.28. The monoisotopic (exact) mass is 408 g/mol. The molecule has 0 heterocycles. The van der Waals surface area contributed by atoms with Crippen molar-refractivity contribution < 1.29 is 14.3 Å². The van der Waals surface area contributed by atoms with E-state index in [0.29, 0.717) is 16.5 Å². The van der Waals surface area contributed by atoms with Crippen molar-refractivity contribution in [3.8, 4) is 11.5 Å². The maximum Gasteiger partial charge on any atom is 0.262 e. The molecule has 0 aliphatic rings. The number of benzene rings is 3. The number of hydrogen-bond acceptors (Lipinski definition) is 4. The molecule has 0 aromatic heterocycles. The lowest BCUT2D eigenvalue weighted by molar-refractivity contribution is -0.118. The summed E-state index contributed by atoms with van der Waals surface area (Å²) < 4.78 is 10.7. The Morgan fingerprint density at radius 3 is 2.45 bits per heavy atom. The van der Waals surface area contributed by atoms with E-state index in [1.807, 2.05) is 49.4 Å². The molecule has 29 heavy (non-hydrogen) atoms. The number of carbonyl (C=O) groups excluding carboxylic acids is 1. The molecule has 6 heteroatoms. The molecule has 1 N–H and O–H groups in total. The maximum absolute atomic E-state index is 12.0. The van der Waals surface area contributed by atoms with Gasteiger partial charge in [0.1, 0.15) is 11.5 Å². The highest BCUT2D eigenvalue weighted by molar-refractivity contribution is 6.32. The average molecular weight is 409 g/mol. The van der Waals surface area contributed by atoms with E-state index in [0.717, 1.165) is 22.5 Å². The maximum atomic E-state index is 12.0. The fourth-order valence-electron chi connectivity index (χ4n) is 2.52. The van der Waals surface area contributed by atoms with Crippen LogP contribution in [0.3, 0.4) is 0 Å². The van der Waals surface area contributed by atoms with Gasteiger partial charge in [-0.2, -0.15) is 0 Å². The third kappa shape index (κ3) is 6.09. The number of aliphatic imine (C=N–C) groups is 1. The largest absolute Gasteiger partial charge is 0.495 e. The lowest BCUT2D eigenvalue weighted by Gasteiger charge is -2.08. The molecule has 0 radical (unpaired) electrons. The predicted molar refractivity (Wildman–Crippen MR) is 117 cm³/mol. The van der Waals surface area contributed by atoms with Gasteiger partial charge >= 0.3 is 0 Å². The van der Waals surface area contributed by atoms with Crippen molar-refractivity contribution in [1.29, 1.82) is 0 Å². The summed E-state index contributed by atoms with van der Waals surface area (Å²) in [5.41, 5.74) is 3.50. The van der Waals surface area contributed by atoms with Crippen LogP contribution in [-0.4, -0.2) is 25.8 Å². The van der Waals surface area contributed by atoms with Crippen molar-refractivity contribution in [3.63, 3.8) is 0 Å². The molecular formula is C23H21ClN2O3. The van der Waals surface area contributed by atoms with Crippen LogP contribution in [0.15, 0.2) is 71.7 Å². The third-order valence-electron chi connectivity index (χ3n) is 4.08.